The number of benzene rings is 6. The van der Waals surface area contributed by atoms with Crippen LogP contribution in [0.4, 0.5) is 35.0 Å². The number of rotatable bonds is 18. The zero-order valence-electron chi connectivity index (χ0n) is 66.5. The maximum atomic E-state index is 15.2. The minimum Gasteiger partial charge on any atom is -0.352 e. The molecule has 3 N–H and O–H groups in total. The third-order valence-corrected chi connectivity index (χ3v) is 26.5. The Morgan fingerprint density at radius 3 is 1.23 bits per heavy atom. The Morgan fingerprint density at radius 2 is 0.836 bits per heavy atom. The van der Waals surface area contributed by atoms with Crippen molar-refractivity contribution in [2.24, 2.45) is 0 Å². The molecule has 21 nitrogen and oxygen atoms in total. The van der Waals surface area contributed by atoms with Crippen LogP contribution in [0.2, 0.25) is 10.0 Å². The topological polar surface area (TPSA) is 211 Å². The van der Waals surface area contributed by atoms with E-state index in [2.05, 4.69) is 100 Å². The number of amides is 3. The molecular formula is C86H97Cl2F4N15O6S3. The molecule has 3 unspecified atom stereocenters. The Bertz CT molecular complexity index is 5510. The quantitative estimate of drug-likeness (QED) is 0.0414. The van der Waals surface area contributed by atoms with Crippen LogP contribution < -0.4 is 47.7 Å². The molecule has 9 aromatic rings. The van der Waals surface area contributed by atoms with Crippen molar-refractivity contribution in [2.75, 3.05) is 117 Å². The van der Waals surface area contributed by atoms with Gasteiger partial charge in [0.25, 0.3) is 0 Å². The molecule has 6 aliphatic heterocycles. The van der Waals surface area contributed by atoms with Crippen LogP contribution >= 0.6 is 58.5 Å². The molecule has 30 heteroatoms. The van der Waals surface area contributed by atoms with Gasteiger partial charge < -0.3 is 45.3 Å². The van der Waals surface area contributed by atoms with E-state index in [1.165, 1.54) is 42.5 Å². The molecule has 9 heterocycles. The number of anilines is 3. The Balaban J connectivity index is 0.000000151. The SMILES string of the molecule is C=CC(=O)N1CCN(c2nc(=O)n3c4c(c(-c5cc(Cl)c(F)cc5F)c(C)cc24)SCC(NCCC)C3)CC1.C=CC(=O)N1CCN(c2nc(=O)n3c4c(c(-c5ccc(F)c(Cl)c5)c(C)cc24)SCC(NCCC)C3)CC1.C=CC(=O)N1[C@H](C)CN(c2nc(=O)n3c4c(c(-c5ccc(F)cc5)c(C)cc24)SCC(NCCC)C3)C[C@@H]1C. The van der Waals surface area contributed by atoms with Gasteiger partial charge in [-0.1, -0.05) is 81.9 Å². The predicted molar refractivity (Wildman–Crippen MR) is 463 cm³/mol. The van der Waals surface area contributed by atoms with E-state index < -0.39 is 17.5 Å². The van der Waals surface area contributed by atoms with Crippen LogP contribution in [0.3, 0.4) is 0 Å². The average molecular weight is 1680 g/mol. The van der Waals surface area contributed by atoms with Crippen molar-refractivity contribution in [3.8, 4) is 33.4 Å². The average Bonchev–Trinajstić information content (AvgIpc) is 1.27. The normalized spacial score (nSPS) is 18.7. The van der Waals surface area contributed by atoms with Crippen LogP contribution in [0.1, 0.15) is 70.6 Å². The summed E-state index contributed by atoms with van der Waals surface area (Å²) < 4.78 is 62.4. The summed E-state index contributed by atoms with van der Waals surface area (Å²) in [6, 6.07) is 19.7. The lowest BCUT2D eigenvalue weighted by atomic mass is 9.97. The molecule has 6 aliphatic rings. The van der Waals surface area contributed by atoms with Crippen molar-refractivity contribution in [3.63, 3.8) is 0 Å². The van der Waals surface area contributed by atoms with Gasteiger partial charge in [-0.25, -0.2) is 31.9 Å². The summed E-state index contributed by atoms with van der Waals surface area (Å²) in [6.45, 7) is 36.5. The zero-order valence-corrected chi connectivity index (χ0v) is 70.5. The Morgan fingerprint density at radius 1 is 0.466 bits per heavy atom. The molecular weight excluding hydrogens is 1580 g/mol. The van der Waals surface area contributed by atoms with Gasteiger partial charge in [0.2, 0.25) is 17.7 Å². The molecule has 612 valence electrons. The van der Waals surface area contributed by atoms with Crippen LogP contribution in [0.25, 0.3) is 66.1 Å². The van der Waals surface area contributed by atoms with Gasteiger partial charge in [0.1, 0.15) is 40.7 Å². The molecule has 0 saturated carbocycles. The fourth-order valence-corrected chi connectivity index (χ4v) is 21.1. The molecule has 3 fully saturated rings. The molecule has 3 aromatic heterocycles. The molecule has 0 bridgehead atoms. The van der Waals surface area contributed by atoms with Crippen molar-refractivity contribution in [2.45, 2.75) is 139 Å². The fraction of sp³-hybridized carbons (Fsp3) is 0.407. The van der Waals surface area contributed by atoms with Gasteiger partial charge in [-0.15, -0.1) is 35.3 Å². The lowest BCUT2D eigenvalue weighted by Gasteiger charge is -2.44. The van der Waals surface area contributed by atoms with Crippen LogP contribution in [0.5, 0.6) is 0 Å². The second-order valence-corrected chi connectivity index (χ2v) is 34.1. The number of piperazine rings is 3. The van der Waals surface area contributed by atoms with Crippen LogP contribution in [0.15, 0.2) is 140 Å². The van der Waals surface area contributed by atoms with Crippen LogP contribution in [-0.2, 0) is 34.0 Å². The van der Waals surface area contributed by atoms with Crippen molar-refractivity contribution < 1.29 is 31.9 Å². The molecule has 0 radical (unpaired) electrons. The van der Waals surface area contributed by atoms with E-state index in [1.807, 2.05) is 60.3 Å². The molecule has 15 rings (SSSR count). The highest BCUT2D eigenvalue weighted by Gasteiger charge is 2.37. The van der Waals surface area contributed by atoms with Gasteiger partial charge in [-0.05, 0) is 168 Å². The summed E-state index contributed by atoms with van der Waals surface area (Å²) in [5.41, 5.74) is 8.75. The third-order valence-electron chi connectivity index (χ3n) is 22.1. The molecule has 6 aromatic carbocycles. The smallest absolute Gasteiger partial charge is 0.350 e. The highest BCUT2D eigenvalue weighted by atomic mass is 35.5. The number of aryl methyl sites for hydroxylation is 3. The van der Waals surface area contributed by atoms with Gasteiger partial charge in [-0.2, -0.15) is 15.0 Å². The first-order valence-corrected chi connectivity index (χ1v) is 43.2. The number of carbonyl (C=O) groups is 3. The molecule has 0 spiro atoms. The summed E-state index contributed by atoms with van der Waals surface area (Å²) in [4.78, 5) is 106. The lowest BCUT2D eigenvalue weighted by molar-refractivity contribution is -0.130. The summed E-state index contributed by atoms with van der Waals surface area (Å²) in [5.74, 6) is 1.50. The highest BCUT2D eigenvalue weighted by Crippen LogP contribution is 2.48. The number of hydrogen-bond donors (Lipinski definition) is 3. The first-order valence-electron chi connectivity index (χ1n) is 39.5. The van der Waals surface area contributed by atoms with Crippen LogP contribution in [-0.4, -0.2) is 194 Å². The summed E-state index contributed by atoms with van der Waals surface area (Å²) in [6.07, 6.45) is 6.94. The Kier molecular flexibility index (Phi) is 27.0. The zero-order chi connectivity index (χ0) is 82.7. The number of halogens is 6. The fourth-order valence-electron chi connectivity index (χ4n) is 16.6. The van der Waals surface area contributed by atoms with Crippen molar-refractivity contribution in [1.29, 1.82) is 0 Å². The summed E-state index contributed by atoms with van der Waals surface area (Å²) in [5, 5.41) is 13.2. The van der Waals surface area contributed by atoms with E-state index in [-0.39, 0.29) is 86.4 Å². The number of nitrogens with one attached hydrogen (secondary N) is 3. The largest absolute Gasteiger partial charge is 0.352 e. The van der Waals surface area contributed by atoms with Gasteiger partial charge in [-0.3, -0.25) is 28.1 Å². The highest BCUT2D eigenvalue weighted by molar-refractivity contribution is 8.00. The number of carbonyl (C=O) groups excluding carboxylic acids is 3. The van der Waals surface area contributed by atoms with Gasteiger partial charge >= 0.3 is 17.1 Å². The number of hydrogen-bond acceptors (Lipinski definition) is 18. The second-order valence-electron chi connectivity index (χ2n) is 30.2. The summed E-state index contributed by atoms with van der Waals surface area (Å²) in [7, 11) is 0. The van der Waals surface area contributed by atoms with E-state index in [0.717, 1.165) is 137 Å². The first kappa shape index (κ1) is 84.9. The predicted octanol–water partition coefficient (Wildman–Crippen LogP) is 13.7. The van der Waals surface area contributed by atoms with E-state index in [9.17, 15) is 41.9 Å². The standard InChI is InChI=1S/C30H36FN5O2S.C28H30ClF2N5O2S.C28H31ClFN5O2S/c1-6-12-32-23-16-35-27-24(13-18(3)26(28(27)39-17-23)21-8-10-22(31)11-9-21)29(33-30(35)38)34-14-19(4)36(20(5)15-34)25(37)7-2;1-4-6-32-17-14-36-25-19(27(33-28(36)38)35-9-7-34(8-10-35)23(37)5-2)11-16(3)24(26(25)39-15-17)18-12-20(29)22(31)13-21(18)30;1-4-8-31-19-15-35-25-20(27(32-28(35)37)34-11-9-33(10-12-34)23(36)5-2)13-17(3)24(26(25)38-16-19)18-6-7-22(30)21(29)14-18/h7-11,13,19-20,23,32H,2,6,12,14-17H2,1,3-5H3;5,11-13,17,32H,2,4,6-10,14-15H2,1,3H3;5-7,13-14,19,31H,2,4,8-12,15-16H2,1,3H3/t19-,20+,23?;;. The first-order chi connectivity index (χ1) is 55.8. The van der Waals surface area contributed by atoms with Gasteiger partial charge in [0.05, 0.1) is 26.6 Å². The van der Waals surface area contributed by atoms with Crippen molar-refractivity contribution >= 4 is 126 Å². The molecule has 3 saturated heterocycles. The third kappa shape index (κ3) is 17.5. The van der Waals surface area contributed by atoms with E-state index >= 15 is 4.39 Å². The maximum Gasteiger partial charge on any atom is 0.350 e. The molecule has 116 heavy (non-hydrogen) atoms. The Hall–Kier alpha value is -9.00. The molecule has 5 atom stereocenters. The number of aromatic nitrogens is 6. The van der Waals surface area contributed by atoms with E-state index in [4.69, 9.17) is 23.2 Å². The minimum absolute atomic E-state index is 0.000769. The number of thioether (sulfide) groups is 3. The maximum absolute atomic E-state index is 15.2. The number of nitrogens with zero attached hydrogens (tertiary/aromatic N) is 12. The minimum atomic E-state index is -0.823. The van der Waals surface area contributed by atoms with Crippen molar-refractivity contribution in [1.82, 2.24) is 59.3 Å². The molecule has 3 amide bonds. The van der Waals surface area contributed by atoms with Gasteiger partial charge in [0, 0.05) is 192 Å². The second kappa shape index (κ2) is 36.9. The molecule has 0 aliphatic carbocycles. The summed E-state index contributed by atoms with van der Waals surface area (Å²) >= 11 is 17.3. The lowest BCUT2D eigenvalue weighted by Crippen LogP contribution is -2.58. The monoisotopic (exact) mass is 1680 g/mol. The van der Waals surface area contributed by atoms with E-state index in [1.54, 1.807) is 66.4 Å². The van der Waals surface area contributed by atoms with Crippen LogP contribution in [0, 0.1) is 44.0 Å². The van der Waals surface area contributed by atoms with E-state index in [0.29, 0.717) is 119 Å². The van der Waals surface area contributed by atoms with Gasteiger partial charge in [0.15, 0.2) is 0 Å². The van der Waals surface area contributed by atoms with Crippen molar-refractivity contribution in [3.05, 3.63) is 192 Å². The Labute approximate surface area is 694 Å².